The van der Waals surface area contributed by atoms with Crippen molar-refractivity contribution in [1.82, 2.24) is 4.90 Å². The molecular formula is C12H21NO4S. The molecule has 1 heterocycles. The van der Waals surface area contributed by atoms with E-state index in [0.717, 1.165) is 0 Å². The normalized spacial score (nSPS) is 25.8. The first-order chi connectivity index (χ1) is 8.46. The van der Waals surface area contributed by atoms with Gasteiger partial charge in [0.2, 0.25) is 5.91 Å². The van der Waals surface area contributed by atoms with Crippen LogP contribution in [0.5, 0.6) is 0 Å². The summed E-state index contributed by atoms with van der Waals surface area (Å²) in [5.41, 5.74) is -0.944. The lowest BCUT2D eigenvalue weighted by Gasteiger charge is -2.40. The Kier molecular flexibility index (Phi) is 5.47. The van der Waals surface area contributed by atoms with Crippen molar-refractivity contribution < 1.29 is 19.4 Å². The van der Waals surface area contributed by atoms with Gasteiger partial charge in [-0.05, 0) is 26.0 Å². The molecule has 1 aliphatic rings. The summed E-state index contributed by atoms with van der Waals surface area (Å²) in [7, 11) is 1.50. The number of amides is 1. The van der Waals surface area contributed by atoms with Gasteiger partial charge in [0.1, 0.15) is 5.41 Å². The molecule has 0 saturated carbocycles. The van der Waals surface area contributed by atoms with Crippen LogP contribution >= 0.6 is 11.8 Å². The van der Waals surface area contributed by atoms with E-state index < -0.39 is 11.4 Å². The second-order valence-electron chi connectivity index (χ2n) is 4.76. The number of thioether (sulfide) groups is 1. The summed E-state index contributed by atoms with van der Waals surface area (Å²) in [6, 6.07) is 0. The Balaban J connectivity index is 2.81. The lowest BCUT2D eigenvalue weighted by atomic mass is 9.80. The van der Waals surface area contributed by atoms with Gasteiger partial charge in [-0.1, -0.05) is 0 Å². The van der Waals surface area contributed by atoms with E-state index in [1.165, 1.54) is 18.9 Å². The molecule has 2 atom stereocenters. The highest BCUT2D eigenvalue weighted by Crippen LogP contribution is 2.31. The topological polar surface area (TPSA) is 66.8 Å². The molecule has 104 valence electrons. The minimum absolute atomic E-state index is 0.0175. The highest BCUT2D eigenvalue weighted by Gasteiger charge is 2.44. The molecule has 0 aliphatic carbocycles. The van der Waals surface area contributed by atoms with Crippen molar-refractivity contribution >= 4 is 23.6 Å². The predicted octanol–water partition coefficient (Wildman–Crippen LogP) is 1.08. The molecule has 0 radical (unpaired) electrons. The minimum Gasteiger partial charge on any atom is -0.481 e. The molecule has 5 nitrogen and oxygen atoms in total. The number of carboxylic acid groups (broad SMARTS) is 1. The van der Waals surface area contributed by atoms with E-state index in [4.69, 9.17) is 4.74 Å². The van der Waals surface area contributed by atoms with Gasteiger partial charge in [0.05, 0.1) is 11.9 Å². The molecular weight excluding hydrogens is 254 g/mol. The molecule has 2 unspecified atom stereocenters. The Morgan fingerprint density at radius 3 is 2.72 bits per heavy atom. The maximum Gasteiger partial charge on any atom is 0.313 e. The molecule has 0 aromatic heterocycles. The van der Waals surface area contributed by atoms with Crippen LogP contribution in [0.2, 0.25) is 0 Å². The third kappa shape index (κ3) is 3.17. The Hall–Kier alpha value is -0.750. The maximum atomic E-state index is 12.1. The number of likely N-dealkylation sites (tertiary alicyclic amines) is 1. The minimum atomic E-state index is -0.944. The van der Waals surface area contributed by atoms with Crippen LogP contribution in [0.4, 0.5) is 0 Å². The van der Waals surface area contributed by atoms with E-state index in [-0.39, 0.29) is 24.3 Å². The Morgan fingerprint density at radius 1 is 1.56 bits per heavy atom. The predicted molar refractivity (Wildman–Crippen MR) is 70.7 cm³/mol. The fraction of sp³-hybridized carbons (Fsp3) is 0.833. The average molecular weight is 275 g/mol. The number of carbonyl (C=O) groups is 2. The van der Waals surface area contributed by atoms with Gasteiger partial charge in [0.25, 0.3) is 0 Å². The summed E-state index contributed by atoms with van der Waals surface area (Å²) in [5.74, 6) is -0.859. The quantitative estimate of drug-likeness (QED) is 0.813. The van der Waals surface area contributed by atoms with E-state index >= 15 is 0 Å². The number of carbonyl (C=O) groups excluding carboxylic acids is 1. The van der Waals surface area contributed by atoms with Gasteiger partial charge in [-0.25, -0.2) is 0 Å². The first kappa shape index (κ1) is 15.3. The zero-order valence-corrected chi connectivity index (χ0v) is 12.0. The fourth-order valence-corrected chi connectivity index (χ4v) is 2.66. The molecule has 1 fully saturated rings. The highest BCUT2D eigenvalue weighted by molar-refractivity contribution is 7.99. The lowest BCUT2D eigenvalue weighted by Crippen LogP contribution is -2.53. The van der Waals surface area contributed by atoms with Crippen LogP contribution in [-0.4, -0.2) is 60.2 Å². The van der Waals surface area contributed by atoms with E-state index in [1.807, 2.05) is 13.2 Å². The van der Waals surface area contributed by atoms with Crippen molar-refractivity contribution in [3.63, 3.8) is 0 Å². The van der Waals surface area contributed by atoms with Gasteiger partial charge in [-0.2, -0.15) is 11.8 Å². The van der Waals surface area contributed by atoms with E-state index in [1.54, 1.807) is 4.90 Å². The smallest absolute Gasteiger partial charge is 0.313 e. The number of nitrogens with zero attached hydrogens (tertiary/aromatic N) is 1. The Bertz CT molecular complexity index is 319. The molecule has 1 saturated heterocycles. The first-order valence-electron chi connectivity index (χ1n) is 6.01. The molecule has 6 heteroatoms. The van der Waals surface area contributed by atoms with Crippen molar-refractivity contribution in [2.75, 3.05) is 33.1 Å². The maximum absolute atomic E-state index is 12.1. The number of hydrogen-bond donors (Lipinski definition) is 1. The zero-order valence-electron chi connectivity index (χ0n) is 11.1. The number of ether oxygens (including phenoxy) is 1. The molecule has 1 N–H and O–H groups in total. The van der Waals surface area contributed by atoms with Crippen LogP contribution in [0.25, 0.3) is 0 Å². The van der Waals surface area contributed by atoms with Crippen LogP contribution in [0, 0.1) is 5.41 Å². The first-order valence-corrected chi connectivity index (χ1v) is 7.29. The van der Waals surface area contributed by atoms with Gasteiger partial charge in [0.15, 0.2) is 0 Å². The number of methoxy groups -OCH3 is 1. The van der Waals surface area contributed by atoms with Crippen molar-refractivity contribution in [3.8, 4) is 0 Å². The van der Waals surface area contributed by atoms with E-state index in [0.29, 0.717) is 19.4 Å². The molecule has 0 bridgehead atoms. The van der Waals surface area contributed by atoms with Crippen LogP contribution in [0.1, 0.15) is 19.8 Å². The third-order valence-corrected chi connectivity index (χ3v) is 4.37. The van der Waals surface area contributed by atoms with Crippen LogP contribution in [0.15, 0.2) is 0 Å². The van der Waals surface area contributed by atoms with Gasteiger partial charge in [-0.15, -0.1) is 0 Å². The SMILES string of the molecule is COCC1(C(=O)O)CCCN(C(=O)C(C)SC)C1. The number of rotatable bonds is 5. The molecule has 1 amide bonds. The Labute approximate surface area is 112 Å². The average Bonchev–Trinajstić information content (AvgIpc) is 2.37. The van der Waals surface area contributed by atoms with E-state index in [9.17, 15) is 14.7 Å². The number of piperidine rings is 1. The summed E-state index contributed by atoms with van der Waals surface area (Å²) in [4.78, 5) is 25.2. The summed E-state index contributed by atoms with van der Waals surface area (Å²) < 4.78 is 5.04. The van der Waals surface area contributed by atoms with Crippen LogP contribution < -0.4 is 0 Å². The summed E-state index contributed by atoms with van der Waals surface area (Å²) in [6.07, 6.45) is 3.15. The Morgan fingerprint density at radius 2 is 2.22 bits per heavy atom. The summed E-state index contributed by atoms with van der Waals surface area (Å²) in [5, 5.41) is 9.26. The third-order valence-electron chi connectivity index (χ3n) is 3.46. The van der Waals surface area contributed by atoms with Gasteiger partial charge in [-0.3, -0.25) is 9.59 Å². The van der Waals surface area contributed by atoms with Crippen LogP contribution in [0.3, 0.4) is 0 Å². The van der Waals surface area contributed by atoms with Gasteiger partial charge < -0.3 is 14.7 Å². The summed E-state index contributed by atoms with van der Waals surface area (Å²) in [6.45, 7) is 2.89. The molecule has 1 aliphatic heterocycles. The summed E-state index contributed by atoms with van der Waals surface area (Å²) >= 11 is 1.48. The molecule has 1 rings (SSSR count). The second kappa shape index (κ2) is 6.43. The second-order valence-corrected chi connectivity index (χ2v) is 5.94. The fourth-order valence-electron chi connectivity index (χ4n) is 2.31. The van der Waals surface area contributed by atoms with Gasteiger partial charge >= 0.3 is 5.97 Å². The highest BCUT2D eigenvalue weighted by atomic mass is 32.2. The number of carboxylic acids is 1. The van der Waals surface area contributed by atoms with Crippen molar-refractivity contribution in [3.05, 3.63) is 0 Å². The van der Waals surface area contributed by atoms with Crippen molar-refractivity contribution in [2.24, 2.45) is 5.41 Å². The molecule has 18 heavy (non-hydrogen) atoms. The lowest BCUT2D eigenvalue weighted by molar-refractivity contribution is -0.159. The van der Waals surface area contributed by atoms with Gasteiger partial charge in [0, 0.05) is 20.2 Å². The monoisotopic (exact) mass is 275 g/mol. The van der Waals surface area contributed by atoms with Crippen molar-refractivity contribution in [1.29, 1.82) is 0 Å². The molecule has 0 aromatic carbocycles. The van der Waals surface area contributed by atoms with Crippen molar-refractivity contribution in [2.45, 2.75) is 25.0 Å². The molecule has 0 aromatic rings. The zero-order chi connectivity index (χ0) is 13.8. The number of hydrogen-bond acceptors (Lipinski definition) is 4. The standard InChI is InChI=1S/C12H21NO4S/c1-9(18-3)10(14)13-6-4-5-12(7-13,8-17-2)11(15)16/h9H,4-8H2,1-3H3,(H,15,16). The number of aliphatic carboxylic acids is 1. The van der Waals surface area contributed by atoms with Crippen LogP contribution in [-0.2, 0) is 14.3 Å². The largest absolute Gasteiger partial charge is 0.481 e. The van der Waals surface area contributed by atoms with E-state index in [2.05, 4.69) is 0 Å². The molecule has 0 spiro atoms.